The van der Waals surface area contributed by atoms with Crippen molar-refractivity contribution in [3.05, 3.63) is 16.4 Å². The molecule has 2 rings (SSSR count). The van der Waals surface area contributed by atoms with E-state index in [1.165, 1.54) is 0 Å². The third kappa shape index (κ3) is 2.91. The third-order valence-electron chi connectivity index (χ3n) is 3.73. The average molecular weight is 319 g/mol. The van der Waals surface area contributed by atoms with E-state index in [0.717, 1.165) is 6.42 Å². The zero-order valence-corrected chi connectivity index (χ0v) is 13.3. The van der Waals surface area contributed by atoms with E-state index >= 15 is 0 Å². The van der Waals surface area contributed by atoms with Gasteiger partial charge in [0.2, 0.25) is 0 Å². The maximum atomic E-state index is 12.3. The normalized spacial score (nSPS) is 21.9. The molecule has 0 radical (unpaired) electrons. The molecule has 0 spiro atoms. The zero-order chi connectivity index (χ0) is 14.9. The molecule has 1 saturated heterocycles. The number of halogens is 1. The highest BCUT2D eigenvalue weighted by atomic mass is 35.5. The van der Waals surface area contributed by atoms with E-state index in [0.29, 0.717) is 35.8 Å². The van der Waals surface area contributed by atoms with Crippen molar-refractivity contribution >= 4 is 27.2 Å². The Bertz CT molecular complexity index is 622. The highest BCUT2D eigenvalue weighted by Crippen LogP contribution is 2.25. The summed E-state index contributed by atoms with van der Waals surface area (Å²) in [7, 11) is -3.29. The van der Waals surface area contributed by atoms with Crippen LogP contribution in [0.3, 0.4) is 0 Å². The zero-order valence-electron chi connectivity index (χ0n) is 11.7. The number of nitrogens with zero attached hydrogens (tertiary/aromatic N) is 2. The lowest BCUT2D eigenvalue weighted by atomic mass is 10.1. The molecule has 1 aromatic rings. The number of carbonyl (C=O) groups is 1. The van der Waals surface area contributed by atoms with Gasteiger partial charge in [0.15, 0.2) is 15.6 Å². The molecule has 1 aromatic heterocycles. The van der Waals surface area contributed by atoms with E-state index < -0.39 is 15.1 Å². The fourth-order valence-electron chi connectivity index (χ4n) is 2.63. The first-order chi connectivity index (χ1) is 9.36. The maximum absolute atomic E-state index is 12.3. The highest BCUT2D eigenvalue weighted by molar-refractivity contribution is 7.92. The third-order valence-corrected chi connectivity index (χ3v) is 6.45. The lowest BCUT2D eigenvalue weighted by Gasteiger charge is -2.21. The van der Waals surface area contributed by atoms with Gasteiger partial charge in [-0.05, 0) is 26.7 Å². The summed E-state index contributed by atoms with van der Waals surface area (Å²) in [5.41, 5.74) is 1.29. The molecule has 1 aliphatic rings. The lowest BCUT2D eigenvalue weighted by Crippen LogP contribution is -2.36. The van der Waals surface area contributed by atoms with Crippen LogP contribution in [0, 0.1) is 6.92 Å². The number of rotatable bonds is 4. The lowest BCUT2D eigenvalue weighted by molar-refractivity contribution is -0.118. The number of ketones is 1. The van der Waals surface area contributed by atoms with Crippen LogP contribution in [0.15, 0.2) is 0 Å². The topological polar surface area (TPSA) is 69.0 Å². The number of carbonyl (C=O) groups excluding carboxylic acids is 1. The van der Waals surface area contributed by atoms with E-state index in [-0.39, 0.29) is 18.0 Å². The van der Waals surface area contributed by atoms with E-state index in [1.807, 2.05) is 6.92 Å². The first-order valence-corrected chi connectivity index (χ1v) is 8.92. The van der Waals surface area contributed by atoms with E-state index in [1.54, 1.807) is 11.6 Å². The molecule has 1 unspecified atom stereocenters. The second-order valence-corrected chi connectivity index (χ2v) is 7.84. The van der Waals surface area contributed by atoms with Gasteiger partial charge in [-0.25, -0.2) is 8.42 Å². The Kier molecular flexibility index (Phi) is 4.54. The van der Waals surface area contributed by atoms with Crippen LogP contribution < -0.4 is 0 Å². The number of hydrogen-bond acceptors (Lipinski definition) is 4. The van der Waals surface area contributed by atoms with Gasteiger partial charge in [0.05, 0.1) is 28.6 Å². The molecule has 7 heteroatoms. The van der Waals surface area contributed by atoms with Gasteiger partial charge in [-0.1, -0.05) is 18.0 Å². The Morgan fingerprint density at radius 3 is 2.75 bits per heavy atom. The van der Waals surface area contributed by atoms with Crippen LogP contribution >= 0.6 is 11.6 Å². The molecule has 0 aromatic carbocycles. The van der Waals surface area contributed by atoms with Gasteiger partial charge in [-0.3, -0.25) is 9.48 Å². The van der Waals surface area contributed by atoms with Gasteiger partial charge in [-0.15, -0.1) is 0 Å². The predicted molar refractivity (Wildman–Crippen MR) is 77.8 cm³/mol. The Morgan fingerprint density at radius 2 is 2.15 bits per heavy atom. The first kappa shape index (κ1) is 15.5. The summed E-state index contributed by atoms with van der Waals surface area (Å²) in [5.74, 6) is -0.148. The van der Waals surface area contributed by atoms with Crippen molar-refractivity contribution in [1.29, 1.82) is 0 Å². The Hall–Kier alpha value is -0.880. The minimum Gasteiger partial charge on any atom is -0.298 e. The van der Waals surface area contributed by atoms with Crippen molar-refractivity contribution in [2.45, 2.75) is 51.3 Å². The largest absolute Gasteiger partial charge is 0.298 e. The van der Waals surface area contributed by atoms with Crippen LogP contribution in [0.25, 0.3) is 0 Å². The monoisotopic (exact) mass is 318 g/mol. The van der Waals surface area contributed by atoms with Gasteiger partial charge >= 0.3 is 0 Å². The Labute approximate surface area is 124 Å². The molecule has 5 nitrogen and oxygen atoms in total. The fraction of sp³-hybridized carbons (Fsp3) is 0.692. The van der Waals surface area contributed by atoms with E-state index in [9.17, 15) is 13.2 Å². The summed E-state index contributed by atoms with van der Waals surface area (Å²) in [5, 5.41) is 3.84. The predicted octanol–water partition coefficient (Wildman–Crippen LogP) is 1.94. The summed E-state index contributed by atoms with van der Waals surface area (Å²) in [6, 6.07) is 0. The molecule has 2 heterocycles. The van der Waals surface area contributed by atoms with Crippen LogP contribution in [-0.4, -0.2) is 35.0 Å². The number of aromatic nitrogens is 2. The van der Waals surface area contributed by atoms with Crippen molar-refractivity contribution < 1.29 is 13.2 Å². The SMILES string of the molecule is CCn1nc(C)c(Cl)c1CC(=O)C1CCCCS1(=O)=O. The summed E-state index contributed by atoms with van der Waals surface area (Å²) in [6.45, 7) is 4.29. The molecule has 0 aliphatic carbocycles. The first-order valence-electron chi connectivity index (χ1n) is 6.83. The Balaban J connectivity index is 2.24. The summed E-state index contributed by atoms with van der Waals surface area (Å²) in [4.78, 5) is 12.3. The van der Waals surface area contributed by atoms with Crippen molar-refractivity contribution in [1.82, 2.24) is 9.78 Å². The smallest absolute Gasteiger partial charge is 0.160 e. The summed E-state index contributed by atoms with van der Waals surface area (Å²) >= 11 is 6.16. The minimum absolute atomic E-state index is 0.0391. The van der Waals surface area contributed by atoms with Crippen LogP contribution in [-0.2, 0) is 27.6 Å². The van der Waals surface area contributed by atoms with Crippen LogP contribution in [0.5, 0.6) is 0 Å². The van der Waals surface area contributed by atoms with Crippen LogP contribution in [0.2, 0.25) is 5.02 Å². The fourth-order valence-corrected chi connectivity index (χ4v) is 4.74. The molecule has 1 fully saturated rings. The van der Waals surface area contributed by atoms with Crippen molar-refractivity contribution in [2.24, 2.45) is 0 Å². The standard InChI is InChI=1S/C13H19ClN2O3S/c1-3-16-10(13(14)9(2)15-16)8-11(17)12-6-4-5-7-20(12,18)19/h12H,3-8H2,1-2H3. The van der Waals surface area contributed by atoms with Gasteiger partial charge in [0, 0.05) is 6.54 Å². The maximum Gasteiger partial charge on any atom is 0.160 e. The molecule has 1 atom stereocenters. The molecule has 0 amide bonds. The minimum atomic E-state index is -3.29. The molecule has 0 saturated carbocycles. The van der Waals surface area contributed by atoms with Crippen LogP contribution in [0.1, 0.15) is 37.6 Å². The van der Waals surface area contributed by atoms with Crippen LogP contribution in [0.4, 0.5) is 0 Å². The highest BCUT2D eigenvalue weighted by Gasteiger charge is 2.35. The van der Waals surface area contributed by atoms with Gasteiger partial charge in [-0.2, -0.15) is 5.10 Å². The van der Waals surface area contributed by atoms with Crippen molar-refractivity contribution in [3.8, 4) is 0 Å². The molecule has 20 heavy (non-hydrogen) atoms. The second kappa shape index (κ2) is 5.85. The molecular formula is C13H19ClN2O3S. The molecule has 0 N–H and O–H groups in total. The van der Waals surface area contributed by atoms with Gasteiger partial charge in [0.1, 0.15) is 5.25 Å². The quantitative estimate of drug-likeness (QED) is 0.850. The Morgan fingerprint density at radius 1 is 1.45 bits per heavy atom. The second-order valence-electron chi connectivity index (χ2n) is 5.16. The number of aryl methyl sites for hydroxylation is 2. The molecule has 112 valence electrons. The summed E-state index contributed by atoms with van der Waals surface area (Å²) < 4.78 is 25.6. The summed E-state index contributed by atoms with van der Waals surface area (Å²) in [6.07, 6.45) is 1.91. The molecular weight excluding hydrogens is 300 g/mol. The average Bonchev–Trinajstić information content (AvgIpc) is 2.65. The van der Waals surface area contributed by atoms with E-state index in [2.05, 4.69) is 5.10 Å². The molecule has 0 bridgehead atoms. The van der Waals surface area contributed by atoms with Crippen molar-refractivity contribution in [2.75, 3.05) is 5.75 Å². The van der Waals surface area contributed by atoms with E-state index in [4.69, 9.17) is 11.6 Å². The van der Waals surface area contributed by atoms with Crippen molar-refractivity contribution in [3.63, 3.8) is 0 Å². The number of Topliss-reactive ketones (excluding diaryl/α,β-unsaturated/α-hetero) is 1. The van der Waals surface area contributed by atoms with Gasteiger partial charge in [0.25, 0.3) is 0 Å². The molecule has 1 aliphatic heterocycles. The number of hydrogen-bond donors (Lipinski definition) is 0. The van der Waals surface area contributed by atoms with Gasteiger partial charge < -0.3 is 0 Å². The number of sulfone groups is 1.